The molecule has 2 unspecified atom stereocenters. The van der Waals surface area contributed by atoms with Crippen LogP contribution in [0.2, 0.25) is 0 Å². The van der Waals surface area contributed by atoms with Crippen molar-refractivity contribution >= 4 is 19.7 Å². The molecule has 0 fully saturated rings. The second-order valence-electron chi connectivity index (χ2n) is 13.3. The zero-order valence-corrected chi connectivity index (χ0v) is 32.7. The van der Waals surface area contributed by atoms with Crippen molar-refractivity contribution in [3.8, 4) is 0 Å². The summed E-state index contributed by atoms with van der Waals surface area (Å²) in [5.74, 6) is -0.528. The number of phosphoric acid groups is 1. The normalized spacial score (nSPS) is 13.8. The Morgan fingerprint density at radius 3 is 1.66 bits per heavy atom. The van der Waals surface area contributed by atoms with Gasteiger partial charge in [-0.25, -0.2) is 4.57 Å². The van der Waals surface area contributed by atoms with E-state index in [1.165, 1.54) is 83.5 Å². The summed E-state index contributed by atoms with van der Waals surface area (Å²) in [5, 5.41) is 12.6. The lowest BCUT2D eigenvalue weighted by molar-refractivity contribution is -0.147. The lowest BCUT2D eigenvalue weighted by Gasteiger charge is -2.15. The minimum absolute atomic E-state index is 0.0816. The number of ether oxygens (including phenoxy) is 1. The van der Waals surface area contributed by atoms with Crippen molar-refractivity contribution in [2.24, 2.45) is 0 Å². The van der Waals surface area contributed by atoms with E-state index in [2.05, 4.69) is 55.6 Å². The van der Waals surface area contributed by atoms with E-state index in [-0.39, 0.29) is 32.1 Å². The van der Waals surface area contributed by atoms with Gasteiger partial charge >= 0.3 is 13.8 Å². The molecule has 0 aromatic rings. The summed E-state index contributed by atoms with van der Waals surface area (Å²) >= 11 is 0. The molecule has 1 amide bonds. The van der Waals surface area contributed by atoms with Crippen molar-refractivity contribution in [1.29, 1.82) is 0 Å². The van der Waals surface area contributed by atoms with Gasteiger partial charge in [-0.15, -0.1) is 0 Å². The minimum atomic E-state index is -4.41. The van der Waals surface area contributed by atoms with Crippen LogP contribution in [0.15, 0.2) is 36.5 Å². The maximum absolute atomic E-state index is 12.0. The number of rotatable bonds is 37. The van der Waals surface area contributed by atoms with Crippen LogP contribution < -0.4 is 5.32 Å². The van der Waals surface area contributed by atoms with E-state index in [4.69, 9.17) is 13.8 Å². The molecular weight excluding hydrogens is 653 g/mol. The van der Waals surface area contributed by atoms with E-state index in [1.807, 2.05) is 0 Å². The topological polar surface area (TPSA) is 131 Å². The molecular formula is C40H74NO8P. The van der Waals surface area contributed by atoms with Gasteiger partial charge in [0.05, 0.1) is 13.2 Å². The number of carbonyl (C=O) groups is 2. The number of amides is 1. The van der Waals surface area contributed by atoms with E-state index in [0.717, 1.165) is 64.2 Å². The number of hydrogen-bond donors (Lipinski definition) is 3. The number of hydrogen-bond acceptors (Lipinski definition) is 7. The molecule has 0 aliphatic rings. The molecule has 0 bridgehead atoms. The van der Waals surface area contributed by atoms with Gasteiger partial charge in [-0.1, -0.05) is 147 Å². The molecule has 0 spiro atoms. The molecule has 10 heteroatoms. The quantitative estimate of drug-likeness (QED) is 0.0249. The summed E-state index contributed by atoms with van der Waals surface area (Å²) in [5.41, 5.74) is 0. The fourth-order valence-corrected chi connectivity index (χ4v) is 6.03. The maximum atomic E-state index is 12.0. The summed E-state index contributed by atoms with van der Waals surface area (Å²) in [4.78, 5) is 33.7. The number of unbranched alkanes of at least 4 members (excludes halogenated alkanes) is 18. The average molecular weight is 728 g/mol. The largest absolute Gasteiger partial charge is 0.472 e. The predicted molar refractivity (Wildman–Crippen MR) is 206 cm³/mol. The first-order valence-electron chi connectivity index (χ1n) is 20.0. The number of phosphoric ester groups is 1. The number of aliphatic hydroxyl groups is 1. The molecule has 292 valence electrons. The number of allylic oxidation sites excluding steroid dienone is 6. The molecule has 0 saturated heterocycles. The maximum Gasteiger partial charge on any atom is 0.472 e. The molecule has 0 aliphatic heterocycles. The van der Waals surface area contributed by atoms with Crippen LogP contribution in [0.3, 0.4) is 0 Å². The molecule has 0 saturated carbocycles. The molecule has 3 N–H and O–H groups in total. The second kappa shape index (κ2) is 37.0. The Morgan fingerprint density at radius 2 is 1.08 bits per heavy atom. The monoisotopic (exact) mass is 728 g/mol. The van der Waals surface area contributed by atoms with Crippen molar-refractivity contribution in [3.63, 3.8) is 0 Å². The van der Waals surface area contributed by atoms with Crippen molar-refractivity contribution in [1.82, 2.24) is 5.32 Å². The Kier molecular flexibility index (Phi) is 35.7. The first-order valence-corrected chi connectivity index (χ1v) is 21.5. The van der Waals surface area contributed by atoms with Crippen LogP contribution in [0.1, 0.15) is 174 Å². The third-order valence-electron chi connectivity index (χ3n) is 8.32. The van der Waals surface area contributed by atoms with Gasteiger partial charge in [-0.3, -0.25) is 18.6 Å². The van der Waals surface area contributed by atoms with Crippen LogP contribution in [-0.2, 0) is 27.9 Å². The van der Waals surface area contributed by atoms with Crippen LogP contribution in [-0.4, -0.2) is 54.3 Å². The number of esters is 1. The van der Waals surface area contributed by atoms with Crippen molar-refractivity contribution in [2.75, 3.05) is 26.4 Å². The molecule has 0 aliphatic carbocycles. The van der Waals surface area contributed by atoms with Gasteiger partial charge in [0.25, 0.3) is 0 Å². The SMILES string of the molecule is CCCCC/C=C\C/C=C\C/C=C\CCCCCCCCCCC(=O)OCC(O)COP(=O)(O)OCCNC(=O)CCCCCCCCCC. The highest BCUT2D eigenvalue weighted by Crippen LogP contribution is 2.42. The highest BCUT2D eigenvalue weighted by atomic mass is 31.2. The van der Waals surface area contributed by atoms with Crippen LogP contribution in [0.5, 0.6) is 0 Å². The van der Waals surface area contributed by atoms with Crippen LogP contribution in [0.25, 0.3) is 0 Å². The number of aliphatic hydroxyl groups excluding tert-OH is 1. The van der Waals surface area contributed by atoms with E-state index in [1.54, 1.807) is 0 Å². The number of nitrogens with one attached hydrogen (secondary N) is 1. The average Bonchev–Trinajstić information content (AvgIpc) is 3.10. The van der Waals surface area contributed by atoms with Gasteiger partial charge in [-0.2, -0.15) is 0 Å². The van der Waals surface area contributed by atoms with E-state index in [0.29, 0.717) is 6.42 Å². The summed E-state index contributed by atoms with van der Waals surface area (Å²) in [7, 11) is -4.41. The Bertz CT molecular complexity index is 923. The summed E-state index contributed by atoms with van der Waals surface area (Å²) in [6.07, 6.45) is 39.4. The van der Waals surface area contributed by atoms with Gasteiger partial charge < -0.3 is 20.1 Å². The fraction of sp³-hybridized carbons (Fsp3) is 0.800. The van der Waals surface area contributed by atoms with Gasteiger partial charge in [0, 0.05) is 19.4 Å². The fourth-order valence-electron chi connectivity index (χ4n) is 5.27. The van der Waals surface area contributed by atoms with E-state index >= 15 is 0 Å². The van der Waals surface area contributed by atoms with E-state index in [9.17, 15) is 24.2 Å². The molecule has 0 rings (SSSR count). The van der Waals surface area contributed by atoms with Gasteiger partial charge in [0.15, 0.2) is 0 Å². The second-order valence-corrected chi connectivity index (χ2v) is 14.7. The zero-order chi connectivity index (χ0) is 36.8. The van der Waals surface area contributed by atoms with Crippen molar-refractivity contribution in [3.05, 3.63) is 36.5 Å². The minimum Gasteiger partial charge on any atom is -0.463 e. The summed E-state index contributed by atoms with van der Waals surface area (Å²) < 4.78 is 26.7. The van der Waals surface area contributed by atoms with Crippen LogP contribution in [0.4, 0.5) is 0 Å². The van der Waals surface area contributed by atoms with Crippen LogP contribution >= 0.6 is 7.82 Å². The summed E-state index contributed by atoms with van der Waals surface area (Å²) in [6, 6.07) is 0. The molecule has 50 heavy (non-hydrogen) atoms. The Hall–Kier alpha value is -1.77. The standard InChI is InChI=1S/C40H74NO8P/c1-3-5-7-9-11-13-14-15-16-17-18-19-20-21-22-23-24-25-27-29-31-33-40(44)47-36-38(42)37-49-50(45,46)48-35-34-41-39(43)32-30-28-26-12-10-8-6-4-2/h11,13,15-16,18-19,38,42H,3-10,12,14,17,20-37H2,1-2H3,(H,41,43)(H,45,46)/b13-11-,16-15-,19-18-. The lowest BCUT2D eigenvalue weighted by Crippen LogP contribution is -2.27. The molecule has 0 aromatic heterocycles. The Balaban J connectivity index is 3.61. The summed E-state index contributed by atoms with van der Waals surface area (Å²) in [6.45, 7) is 3.48. The van der Waals surface area contributed by atoms with Gasteiger partial charge in [-0.05, 0) is 51.4 Å². The van der Waals surface area contributed by atoms with Crippen molar-refractivity contribution in [2.45, 2.75) is 180 Å². The smallest absolute Gasteiger partial charge is 0.463 e. The van der Waals surface area contributed by atoms with E-state index < -0.39 is 26.5 Å². The zero-order valence-electron chi connectivity index (χ0n) is 31.8. The Labute approximate surface area is 305 Å². The molecule has 0 aromatic carbocycles. The highest BCUT2D eigenvalue weighted by molar-refractivity contribution is 7.47. The third kappa shape index (κ3) is 37.5. The van der Waals surface area contributed by atoms with Crippen molar-refractivity contribution < 1.29 is 37.9 Å². The molecule has 0 heterocycles. The molecule has 2 atom stereocenters. The number of carbonyl (C=O) groups excluding carboxylic acids is 2. The highest BCUT2D eigenvalue weighted by Gasteiger charge is 2.23. The predicted octanol–water partition coefficient (Wildman–Crippen LogP) is 10.6. The lowest BCUT2D eigenvalue weighted by atomic mass is 10.1. The van der Waals surface area contributed by atoms with Crippen LogP contribution in [0, 0.1) is 0 Å². The van der Waals surface area contributed by atoms with Gasteiger partial charge in [0.1, 0.15) is 12.7 Å². The molecule has 9 nitrogen and oxygen atoms in total. The first-order chi connectivity index (χ1) is 24.3. The third-order valence-corrected chi connectivity index (χ3v) is 9.31. The Morgan fingerprint density at radius 1 is 0.620 bits per heavy atom. The van der Waals surface area contributed by atoms with Gasteiger partial charge in [0.2, 0.25) is 5.91 Å². The molecule has 0 radical (unpaired) electrons. The first kappa shape index (κ1) is 48.2.